The van der Waals surface area contributed by atoms with E-state index in [-0.39, 0.29) is 46.5 Å². The summed E-state index contributed by atoms with van der Waals surface area (Å²) in [6.07, 6.45) is 7.81. The van der Waals surface area contributed by atoms with Gasteiger partial charge in [0.2, 0.25) is 0 Å². The Balaban J connectivity index is 2.02. The van der Waals surface area contributed by atoms with E-state index in [9.17, 15) is 25.2 Å². The molecule has 192 valence electrons. The molecule has 6 heteroatoms. The third kappa shape index (κ3) is 6.30. The van der Waals surface area contributed by atoms with Crippen LogP contribution >= 0.6 is 0 Å². The molecule has 36 heavy (non-hydrogen) atoms. The number of aromatic hydroxyl groups is 4. The Kier molecular flexibility index (Phi) is 8.51. The van der Waals surface area contributed by atoms with Crippen LogP contribution in [-0.4, -0.2) is 26.2 Å². The van der Waals surface area contributed by atoms with Gasteiger partial charge in [-0.2, -0.15) is 0 Å². The van der Waals surface area contributed by atoms with Crippen LogP contribution in [0.25, 0.3) is 0 Å². The number of benzene rings is 2. The number of carbonyl (C=O) groups excluding carboxylic acids is 1. The molecule has 0 aliphatic carbocycles. The van der Waals surface area contributed by atoms with Crippen molar-refractivity contribution < 1.29 is 30.0 Å². The summed E-state index contributed by atoms with van der Waals surface area (Å²) >= 11 is 0. The van der Waals surface area contributed by atoms with E-state index in [1.807, 2.05) is 32.9 Å². The van der Waals surface area contributed by atoms with Crippen LogP contribution < -0.4 is 4.74 Å². The van der Waals surface area contributed by atoms with Gasteiger partial charge >= 0.3 is 0 Å². The second-order valence-corrected chi connectivity index (χ2v) is 9.93. The molecule has 6 nitrogen and oxygen atoms in total. The van der Waals surface area contributed by atoms with Gasteiger partial charge in [0.1, 0.15) is 40.4 Å². The zero-order valence-corrected chi connectivity index (χ0v) is 21.7. The van der Waals surface area contributed by atoms with Crippen molar-refractivity contribution in [1.82, 2.24) is 0 Å². The van der Waals surface area contributed by atoms with Crippen molar-refractivity contribution in [2.45, 2.75) is 72.8 Å². The first-order valence-corrected chi connectivity index (χ1v) is 12.2. The Labute approximate surface area is 212 Å². The van der Waals surface area contributed by atoms with Gasteiger partial charge in [0.25, 0.3) is 0 Å². The van der Waals surface area contributed by atoms with E-state index in [0.29, 0.717) is 29.5 Å². The van der Waals surface area contributed by atoms with Crippen LogP contribution in [0.1, 0.15) is 87.0 Å². The maximum Gasteiger partial charge on any atom is 0.174 e. The predicted molar refractivity (Wildman–Crippen MR) is 141 cm³/mol. The van der Waals surface area contributed by atoms with Crippen molar-refractivity contribution in [3.05, 3.63) is 75.4 Å². The molecule has 0 spiro atoms. The lowest BCUT2D eigenvalue weighted by Gasteiger charge is -2.28. The fraction of sp³-hybridized carbons (Fsp3) is 0.367. The van der Waals surface area contributed by atoms with Crippen LogP contribution in [0.2, 0.25) is 0 Å². The van der Waals surface area contributed by atoms with Gasteiger partial charge in [-0.1, -0.05) is 34.9 Å². The number of rotatable bonds is 8. The van der Waals surface area contributed by atoms with E-state index in [4.69, 9.17) is 4.74 Å². The van der Waals surface area contributed by atoms with E-state index in [2.05, 4.69) is 19.9 Å². The lowest BCUT2D eigenvalue weighted by Crippen LogP contribution is -2.21. The molecule has 4 N–H and O–H groups in total. The van der Waals surface area contributed by atoms with Crippen LogP contribution in [0.15, 0.2) is 53.1 Å². The maximum absolute atomic E-state index is 12.9. The van der Waals surface area contributed by atoms with E-state index in [1.54, 1.807) is 6.07 Å². The number of hydrogen-bond acceptors (Lipinski definition) is 6. The molecule has 0 fully saturated rings. The van der Waals surface area contributed by atoms with Gasteiger partial charge in [-0.3, -0.25) is 4.79 Å². The lowest BCUT2D eigenvalue weighted by molar-refractivity contribution is 0.0842. The molecule has 0 saturated carbocycles. The Bertz CT molecular complexity index is 1240. The number of hydrogen-bond donors (Lipinski definition) is 4. The molecule has 3 rings (SSSR count). The molecule has 0 amide bonds. The van der Waals surface area contributed by atoms with E-state index >= 15 is 0 Å². The zero-order valence-electron chi connectivity index (χ0n) is 21.7. The zero-order chi connectivity index (χ0) is 26.6. The van der Waals surface area contributed by atoms with Gasteiger partial charge in [0.05, 0.1) is 6.42 Å². The Morgan fingerprint density at radius 2 is 1.61 bits per heavy atom. The quantitative estimate of drug-likeness (QED) is 0.297. The molecule has 1 heterocycles. The average molecular weight is 493 g/mol. The van der Waals surface area contributed by atoms with E-state index in [0.717, 1.165) is 30.1 Å². The van der Waals surface area contributed by atoms with Crippen molar-refractivity contribution in [2.24, 2.45) is 0 Å². The van der Waals surface area contributed by atoms with Gasteiger partial charge in [-0.05, 0) is 71.9 Å². The number of Topliss-reactive ketones (excluding diaryl/α,β-unsaturated/α-hetero) is 1. The first-order chi connectivity index (χ1) is 17.0. The summed E-state index contributed by atoms with van der Waals surface area (Å²) in [6.45, 7) is 10.1. The number of phenols is 4. The normalized spacial score (nSPS) is 15.2. The molecular weight excluding hydrogens is 456 g/mol. The van der Waals surface area contributed by atoms with Crippen molar-refractivity contribution in [2.75, 3.05) is 0 Å². The Morgan fingerprint density at radius 1 is 0.917 bits per heavy atom. The highest BCUT2D eigenvalue weighted by Gasteiger charge is 2.33. The highest BCUT2D eigenvalue weighted by molar-refractivity contribution is 6.02. The fourth-order valence-corrected chi connectivity index (χ4v) is 4.28. The third-order valence-electron chi connectivity index (χ3n) is 6.29. The molecule has 0 bridgehead atoms. The summed E-state index contributed by atoms with van der Waals surface area (Å²) in [7, 11) is 0. The van der Waals surface area contributed by atoms with Crippen molar-refractivity contribution >= 4 is 5.78 Å². The molecule has 0 unspecified atom stereocenters. The summed E-state index contributed by atoms with van der Waals surface area (Å²) in [4.78, 5) is 12.9. The summed E-state index contributed by atoms with van der Waals surface area (Å²) in [5.41, 5.74) is 4.90. The second-order valence-electron chi connectivity index (χ2n) is 9.93. The van der Waals surface area contributed by atoms with Gasteiger partial charge < -0.3 is 25.2 Å². The largest absolute Gasteiger partial charge is 0.508 e. The fourth-order valence-electron chi connectivity index (χ4n) is 4.28. The number of ether oxygens (including phenoxy) is 1. The Hall–Kier alpha value is -3.67. The van der Waals surface area contributed by atoms with Crippen LogP contribution in [0.5, 0.6) is 28.7 Å². The topological polar surface area (TPSA) is 107 Å². The standard InChI is InChI=1S/C30H36O6/c1-17(2)7-6-8-19(5)10-12-22-29(34)20(11-9-18(3)4)13-23(30(22)35)26-16-25(33)28-24(32)14-21(31)15-27(28)36-26/h7,9-10,13-15,26,31-32,34-35H,6,8,11-12,16H2,1-5H3/b19-10+/t26-/m0/s1. The van der Waals surface area contributed by atoms with Gasteiger partial charge in [-0.15, -0.1) is 0 Å². The number of fused-ring (bicyclic) bond motifs is 1. The molecule has 2 aromatic rings. The van der Waals surface area contributed by atoms with Crippen molar-refractivity contribution in [3.8, 4) is 28.7 Å². The first-order valence-electron chi connectivity index (χ1n) is 12.2. The molecule has 1 aliphatic heterocycles. The lowest BCUT2D eigenvalue weighted by atomic mass is 9.90. The average Bonchev–Trinajstić information content (AvgIpc) is 2.77. The monoisotopic (exact) mass is 492 g/mol. The van der Waals surface area contributed by atoms with Crippen molar-refractivity contribution in [1.29, 1.82) is 0 Å². The summed E-state index contributed by atoms with van der Waals surface area (Å²) in [5.74, 6) is -0.958. The van der Waals surface area contributed by atoms with E-state index < -0.39 is 6.10 Å². The van der Waals surface area contributed by atoms with Crippen LogP contribution in [0.3, 0.4) is 0 Å². The molecule has 0 saturated heterocycles. The highest BCUT2D eigenvalue weighted by Crippen LogP contribution is 2.46. The number of ketones is 1. The van der Waals surface area contributed by atoms with Crippen LogP contribution in [0, 0.1) is 0 Å². The van der Waals surface area contributed by atoms with E-state index in [1.165, 1.54) is 11.6 Å². The molecule has 0 aromatic heterocycles. The van der Waals surface area contributed by atoms with Crippen molar-refractivity contribution in [3.63, 3.8) is 0 Å². The number of phenolic OH excluding ortho intramolecular Hbond substituents is 4. The van der Waals surface area contributed by atoms with Crippen LogP contribution in [0.4, 0.5) is 0 Å². The molecule has 2 aromatic carbocycles. The molecule has 1 atom stereocenters. The van der Waals surface area contributed by atoms with Gasteiger partial charge in [0.15, 0.2) is 5.78 Å². The summed E-state index contributed by atoms with van der Waals surface area (Å²) < 4.78 is 5.99. The third-order valence-corrected chi connectivity index (χ3v) is 6.29. The van der Waals surface area contributed by atoms with Gasteiger partial charge in [-0.25, -0.2) is 0 Å². The smallest absolute Gasteiger partial charge is 0.174 e. The number of carbonyl (C=O) groups is 1. The SMILES string of the molecule is CC(C)=CCC/C(C)=C/Cc1c(O)c(CC=C(C)C)cc([C@@H]2CC(=O)c3c(O)cc(O)cc3O2)c1O. The minimum atomic E-state index is -0.834. The summed E-state index contributed by atoms with van der Waals surface area (Å²) in [5, 5.41) is 42.3. The van der Waals surface area contributed by atoms with Gasteiger partial charge in [0, 0.05) is 23.3 Å². The minimum absolute atomic E-state index is 0.0160. The first kappa shape index (κ1) is 26.9. The molecule has 1 aliphatic rings. The second kappa shape index (κ2) is 11.4. The highest BCUT2D eigenvalue weighted by atomic mass is 16.5. The summed E-state index contributed by atoms with van der Waals surface area (Å²) in [6, 6.07) is 4.05. The van der Waals surface area contributed by atoms with Crippen LogP contribution in [-0.2, 0) is 12.8 Å². The Morgan fingerprint density at radius 3 is 2.28 bits per heavy atom. The maximum atomic E-state index is 12.9. The predicted octanol–water partition coefficient (Wildman–Crippen LogP) is 6.96. The minimum Gasteiger partial charge on any atom is -0.508 e. The molecular formula is C30H36O6. The molecule has 0 radical (unpaired) electrons. The number of allylic oxidation sites excluding steroid dienone is 6.